The number of amides is 1. The fourth-order valence-corrected chi connectivity index (χ4v) is 5.21. The standard InChI is InChI=1S/C28H26BrN5O2/c1-4-25(35)32-13-15-33(16-14-32)28-30-27(36)26(20-10-6-5-9-18(20)2)24-17-22(19(3)31-34(24)28)21-11-7-8-12-23(21)29/h4-12,17H,1,13-16H2,2-3H3. The molecule has 2 aromatic heterocycles. The molecule has 1 amide bonds. The van der Waals surface area contributed by atoms with Crippen LogP contribution >= 0.6 is 15.9 Å². The maximum Gasteiger partial charge on any atom is 0.283 e. The first-order valence-corrected chi connectivity index (χ1v) is 12.6. The summed E-state index contributed by atoms with van der Waals surface area (Å²) in [4.78, 5) is 34.0. The molecule has 1 saturated heterocycles. The zero-order chi connectivity index (χ0) is 25.4. The minimum atomic E-state index is -0.298. The van der Waals surface area contributed by atoms with Crippen LogP contribution in [0.4, 0.5) is 5.95 Å². The Hall–Kier alpha value is -3.78. The molecule has 36 heavy (non-hydrogen) atoms. The van der Waals surface area contributed by atoms with Gasteiger partial charge in [-0.1, -0.05) is 65.0 Å². The van der Waals surface area contributed by atoms with Gasteiger partial charge in [0.15, 0.2) is 0 Å². The third kappa shape index (κ3) is 4.22. The van der Waals surface area contributed by atoms with Gasteiger partial charge in [-0.15, -0.1) is 0 Å². The Balaban J connectivity index is 1.74. The fourth-order valence-electron chi connectivity index (χ4n) is 4.71. The highest BCUT2D eigenvalue weighted by Gasteiger charge is 2.25. The predicted octanol–water partition coefficient (Wildman–Crippen LogP) is 4.64. The number of nitrogens with zero attached hydrogens (tertiary/aromatic N) is 5. The van der Waals surface area contributed by atoms with Crippen molar-refractivity contribution in [1.82, 2.24) is 19.5 Å². The van der Waals surface area contributed by atoms with E-state index in [9.17, 15) is 9.59 Å². The van der Waals surface area contributed by atoms with Gasteiger partial charge in [0, 0.05) is 36.2 Å². The molecule has 0 aliphatic carbocycles. The average Bonchev–Trinajstić information content (AvgIpc) is 2.89. The van der Waals surface area contributed by atoms with E-state index in [1.807, 2.05) is 73.3 Å². The summed E-state index contributed by atoms with van der Waals surface area (Å²) in [6.07, 6.45) is 1.33. The molecule has 0 bridgehead atoms. The van der Waals surface area contributed by atoms with Gasteiger partial charge >= 0.3 is 0 Å². The molecule has 3 heterocycles. The lowest BCUT2D eigenvalue weighted by Gasteiger charge is -2.35. The van der Waals surface area contributed by atoms with Gasteiger partial charge in [-0.05, 0) is 48.7 Å². The minimum absolute atomic E-state index is 0.0911. The fraction of sp³-hybridized carbons (Fsp3) is 0.214. The summed E-state index contributed by atoms with van der Waals surface area (Å²) >= 11 is 3.66. The third-order valence-electron chi connectivity index (χ3n) is 6.64. The van der Waals surface area contributed by atoms with E-state index in [2.05, 4.69) is 27.5 Å². The summed E-state index contributed by atoms with van der Waals surface area (Å²) in [6, 6.07) is 17.9. The van der Waals surface area contributed by atoms with E-state index < -0.39 is 0 Å². The molecule has 1 aliphatic rings. The van der Waals surface area contributed by atoms with Crippen LogP contribution in [-0.4, -0.2) is 51.6 Å². The van der Waals surface area contributed by atoms with E-state index in [0.29, 0.717) is 43.2 Å². The van der Waals surface area contributed by atoms with Crippen LogP contribution in [0.2, 0.25) is 0 Å². The molecule has 7 nitrogen and oxygen atoms in total. The maximum absolute atomic E-state index is 13.6. The molecule has 1 fully saturated rings. The number of rotatable bonds is 4. The molecule has 4 aromatic rings. The first-order chi connectivity index (χ1) is 17.4. The number of carbonyl (C=O) groups excluding carboxylic acids is 1. The molecule has 0 atom stereocenters. The second-order valence-corrected chi connectivity index (χ2v) is 9.70. The van der Waals surface area contributed by atoms with E-state index in [4.69, 9.17) is 5.10 Å². The monoisotopic (exact) mass is 543 g/mol. The highest BCUT2D eigenvalue weighted by atomic mass is 79.9. The quantitative estimate of drug-likeness (QED) is 0.351. The van der Waals surface area contributed by atoms with Crippen molar-refractivity contribution >= 4 is 33.3 Å². The summed E-state index contributed by atoms with van der Waals surface area (Å²) in [5.74, 6) is 0.395. The zero-order valence-corrected chi connectivity index (χ0v) is 21.8. The number of anilines is 1. The Morgan fingerprint density at radius 2 is 1.64 bits per heavy atom. The molecule has 5 rings (SSSR count). The number of halogens is 1. The Kier molecular flexibility index (Phi) is 6.45. The Morgan fingerprint density at radius 3 is 2.31 bits per heavy atom. The lowest BCUT2D eigenvalue weighted by atomic mass is 9.99. The van der Waals surface area contributed by atoms with Crippen molar-refractivity contribution in [3.05, 3.63) is 93.3 Å². The Labute approximate surface area is 217 Å². The molecule has 8 heteroatoms. The maximum atomic E-state index is 13.6. The number of hydrogen-bond donors (Lipinski definition) is 0. The van der Waals surface area contributed by atoms with Crippen LogP contribution in [0.5, 0.6) is 0 Å². The van der Waals surface area contributed by atoms with Crippen LogP contribution in [0.25, 0.3) is 27.8 Å². The second-order valence-electron chi connectivity index (χ2n) is 8.84. The van der Waals surface area contributed by atoms with Gasteiger partial charge in [0.05, 0.1) is 16.8 Å². The summed E-state index contributed by atoms with van der Waals surface area (Å²) < 4.78 is 2.74. The van der Waals surface area contributed by atoms with Crippen molar-refractivity contribution in [3.63, 3.8) is 0 Å². The van der Waals surface area contributed by atoms with Crippen LogP contribution in [0, 0.1) is 13.8 Å². The number of aryl methyl sites for hydroxylation is 2. The van der Waals surface area contributed by atoms with Gasteiger partial charge in [0.25, 0.3) is 5.56 Å². The van der Waals surface area contributed by atoms with Crippen molar-refractivity contribution in [1.29, 1.82) is 0 Å². The van der Waals surface area contributed by atoms with Gasteiger partial charge in [-0.2, -0.15) is 14.6 Å². The lowest BCUT2D eigenvalue weighted by Crippen LogP contribution is -2.49. The van der Waals surface area contributed by atoms with Crippen molar-refractivity contribution in [2.75, 3.05) is 31.1 Å². The van der Waals surface area contributed by atoms with Crippen molar-refractivity contribution in [3.8, 4) is 22.3 Å². The van der Waals surface area contributed by atoms with E-state index in [1.54, 1.807) is 9.42 Å². The lowest BCUT2D eigenvalue weighted by molar-refractivity contribution is -0.126. The van der Waals surface area contributed by atoms with Crippen molar-refractivity contribution < 1.29 is 4.79 Å². The van der Waals surface area contributed by atoms with Gasteiger partial charge in [-0.25, -0.2) is 0 Å². The molecule has 182 valence electrons. The second kappa shape index (κ2) is 9.70. The largest absolute Gasteiger partial charge is 0.337 e. The Bertz CT molecular complexity index is 1550. The molecule has 0 spiro atoms. The summed E-state index contributed by atoms with van der Waals surface area (Å²) in [7, 11) is 0. The first-order valence-electron chi connectivity index (χ1n) is 11.8. The smallest absolute Gasteiger partial charge is 0.283 e. The van der Waals surface area contributed by atoms with Crippen LogP contribution in [0.15, 0.2) is 76.5 Å². The van der Waals surface area contributed by atoms with Gasteiger partial charge in [0.2, 0.25) is 11.9 Å². The Morgan fingerprint density at radius 1 is 0.972 bits per heavy atom. The predicted molar refractivity (Wildman–Crippen MR) is 146 cm³/mol. The molecule has 2 aromatic carbocycles. The molecule has 0 radical (unpaired) electrons. The molecular weight excluding hydrogens is 518 g/mol. The van der Waals surface area contributed by atoms with Crippen LogP contribution in [0.1, 0.15) is 11.3 Å². The van der Waals surface area contributed by atoms with E-state index >= 15 is 0 Å². The molecule has 0 N–H and O–H groups in total. The van der Waals surface area contributed by atoms with E-state index in [0.717, 1.165) is 32.4 Å². The average molecular weight is 544 g/mol. The van der Waals surface area contributed by atoms with Crippen LogP contribution in [-0.2, 0) is 4.79 Å². The summed E-state index contributed by atoms with van der Waals surface area (Å²) in [5, 5.41) is 4.95. The molecular formula is C28H26BrN5O2. The SMILES string of the molecule is C=CC(=O)N1CCN(c2nc(=O)c(-c3ccccc3C)c3cc(-c4ccccc4Br)c(C)nn23)CC1. The van der Waals surface area contributed by atoms with E-state index in [-0.39, 0.29) is 11.5 Å². The topological polar surface area (TPSA) is 70.8 Å². The summed E-state index contributed by atoms with van der Waals surface area (Å²) in [5.41, 5.74) is 5.51. The van der Waals surface area contributed by atoms with Gasteiger partial charge in [0.1, 0.15) is 0 Å². The van der Waals surface area contributed by atoms with Crippen LogP contribution < -0.4 is 10.5 Å². The van der Waals surface area contributed by atoms with Crippen molar-refractivity contribution in [2.45, 2.75) is 13.8 Å². The highest BCUT2D eigenvalue weighted by molar-refractivity contribution is 9.10. The molecule has 0 saturated carbocycles. The number of benzene rings is 2. The van der Waals surface area contributed by atoms with E-state index in [1.165, 1.54) is 6.08 Å². The summed E-state index contributed by atoms with van der Waals surface area (Å²) in [6.45, 7) is 9.68. The highest BCUT2D eigenvalue weighted by Crippen LogP contribution is 2.34. The molecule has 0 unspecified atom stereocenters. The van der Waals surface area contributed by atoms with Crippen molar-refractivity contribution in [2.24, 2.45) is 0 Å². The number of hydrogen-bond acceptors (Lipinski definition) is 5. The number of aromatic nitrogens is 3. The zero-order valence-electron chi connectivity index (χ0n) is 20.2. The van der Waals surface area contributed by atoms with Gasteiger partial charge < -0.3 is 9.80 Å². The minimum Gasteiger partial charge on any atom is -0.337 e. The third-order valence-corrected chi connectivity index (χ3v) is 7.33. The normalized spacial score (nSPS) is 13.8. The number of carbonyl (C=O) groups is 1. The van der Waals surface area contributed by atoms with Gasteiger partial charge in [-0.3, -0.25) is 9.59 Å². The number of piperazine rings is 1. The van der Waals surface area contributed by atoms with Crippen LogP contribution in [0.3, 0.4) is 0 Å². The first kappa shape index (κ1) is 23.9. The number of fused-ring (bicyclic) bond motifs is 1. The molecule has 1 aliphatic heterocycles.